The van der Waals surface area contributed by atoms with Crippen molar-refractivity contribution in [1.82, 2.24) is 25.0 Å². The average Bonchev–Trinajstić information content (AvgIpc) is 2.75. The zero-order valence-corrected chi connectivity index (χ0v) is 10.1. The highest BCUT2D eigenvalue weighted by atomic mass is 16.5. The lowest BCUT2D eigenvalue weighted by Crippen LogP contribution is -2.46. The summed E-state index contributed by atoms with van der Waals surface area (Å²) < 4.78 is 5.21. The topological polar surface area (TPSA) is 74.3 Å². The van der Waals surface area contributed by atoms with E-state index in [0.29, 0.717) is 38.7 Å². The van der Waals surface area contributed by atoms with E-state index in [1.54, 1.807) is 16.8 Å². The first kappa shape index (κ1) is 11.8. The normalized spacial score (nSPS) is 16.0. The van der Waals surface area contributed by atoms with E-state index in [1.807, 2.05) is 6.92 Å². The lowest BCUT2D eigenvalue weighted by Gasteiger charge is -2.30. The van der Waals surface area contributed by atoms with Crippen LogP contribution >= 0.6 is 0 Å². The molecule has 1 aromatic rings. The van der Waals surface area contributed by atoms with Gasteiger partial charge in [0.2, 0.25) is 0 Å². The zero-order chi connectivity index (χ0) is 12.3. The Morgan fingerprint density at radius 1 is 1.53 bits per heavy atom. The standard InChI is InChI=1S/C10H17N5O2/c1-8-11-9(13-12-8)7-14(2)10(16)15-3-5-17-6-4-15/h3-7H2,1-2H3,(H,11,12,13). The minimum atomic E-state index is -0.00393. The Balaban J connectivity index is 1.90. The number of ether oxygens (including phenoxy) is 1. The van der Waals surface area contributed by atoms with Crippen molar-refractivity contribution >= 4 is 6.03 Å². The maximum absolute atomic E-state index is 12.0. The molecule has 2 rings (SSSR count). The summed E-state index contributed by atoms with van der Waals surface area (Å²) in [4.78, 5) is 19.6. The van der Waals surface area contributed by atoms with Gasteiger partial charge in [0.15, 0.2) is 5.82 Å². The Hall–Kier alpha value is -1.63. The third-order valence-corrected chi connectivity index (χ3v) is 2.63. The number of carbonyl (C=O) groups is 1. The number of urea groups is 1. The predicted octanol–water partition coefficient (Wildman–Crippen LogP) is -0.00288. The molecule has 2 amide bonds. The van der Waals surface area contributed by atoms with Gasteiger partial charge in [-0.3, -0.25) is 5.10 Å². The lowest BCUT2D eigenvalue weighted by molar-refractivity contribution is 0.0446. The molecular formula is C10H17N5O2. The van der Waals surface area contributed by atoms with Crippen molar-refractivity contribution in [2.75, 3.05) is 33.4 Å². The molecule has 1 fully saturated rings. The van der Waals surface area contributed by atoms with Gasteiger partial charge < -0.3 is 14.5 Å². The third kappa shape index (κ3) is 2.94. The molecule has 1 aliphatic rings. The van der Waals surface area contributed by atoms with Crippen LogP contribution in [0.25, 0.3) is 0 Å². The van der Waals surface area contributed by atoms with Gasteiger partial charge in [-0.1, -0.05) is 0 Å². The zero-order valence-electron chi connectivity index (χ0n) is 10.1. The lowest BCUT2D eigenvalue weighted by atomic mass is 10.4. The fourth-order valence-electron chi connectivity index (χ4n) is 1.74. The summed E-state index contributed by atoms with van der Waals surface area (Å²) in [6, 6.07) is -0.00393. The van der Waals surface area contributed by atoms with Crippen molar-refractivity contribution < 1.29 is 9.53 Å². The van der Waals surface area contributed by atoms with E-state index >= 15 is 0 Å². The number of H-pyrrole nitrogens is 1. The molecule has 0 atom stereocenters. The quantitative estimate of drug-likeness (QED) is 0.788. The molecule has 0 spiro atoms. The molecule has 0 saturated carbocycles. The second-order valence-electron chi connectivity index (χ2n) is 4.08. The van der Waals surface area contributed by atoms with Crippen LogP contribution in [0.5, 0.6) is 0 Å². The number of carbonyl (C=O) groups excluding carboxylic acids is 1. The van der Waals surface area contributed by atoms with Crippen molar-refractivity contribution in [3.05, 3.63) is 11.6 Å². The average molecular weight is 239 g/mol. The van der Waals surface area contributed by atoms with Crippen LogP contribution in [-0.2, 0) is 11.3 Å². The Morgan fingerprint density at radius 2 is 2.24 bits per heavy atom. The van der Waals surface area contributed by atoms with Crippen molar-refractivity contribution in [2.45, 2.75) is 13.5 Å². The molecule has 0 bridgehead atoms. The van der Waals surface area contributed by atoms with Crippen LogP contribution in [0, 0.1) is 6.92 Å². The first-order chi connectivity index (χ1) is 8.16. The fourth-order valence-corrected chi connectivity index (χ4v) is 1.74. The molecule has 1 N–H and O–H groups in total. The Bertz CT molecular complexity index is 386. The highest BCUT2D eigenvalue weighted by Gasteiger charge is 2.21. The maximum atomic E-state index is 12.0. The van der Waals surface area contributed by atoms with E-state index in [-0.39, 0.29) is 6.03 Å². The maximum Gasteiger partial charge on any atom is 0.320 e. The number of rotatable bonds is 2. The van der Waals surface area contributed by atoms with Crippen LogP contribution in [-0.4, -0.2) is 64.4 Å². The van der Waals surface area contributed by atoms with Gasteiger partial charge >= 0.3 is 6.03 Å². The summed E-state index contributed by atoms with van der Waals surface area (Å²) in [6.45, 7) is 4.77. The number of hydrogen-bond acceptors (Lipinski definition) is 4. The molecule has 1 aromatic heterocycles. The van der Waals surface area contributed by atoms with Gasteiger partial charge in [-0.2, -0.15) is 5.10 Å². The molecule has 0 radical (unpaired) electrons. The highest BCUT2D eigenvalue weighted by Crippen LogP contribution is 2.04. The summed E-state index contributed by atoms with van der Waals surface area (Å²) in [7, 11) is 1.75. The van der Waals surface area contributed by atoms with Crippen LogP contribution in [0.2, 0.25) is 0 Å². The van der Waals surface area contributed by atoms with Gasteiger partial charge in [-0.05, 0) is 6.92 Å². The molecule has 17 heavy (non-hydrogen) atoms. The summed E-state index contributed by atoms with van der Waals surface area (Å²) in [5, 5.41) is 6.77. The number of aromatic amines is 1. The van der Waals surface area contributed by atoms with E-state index in [4.69, 9.17) is 4.74 Å². The van der Waals surface area contributed by atoms with Crippen molar-refractivity contribution in [1.29, 1.82) is 0 Å². The predicted molar refractivity (Wildman–Crippen MR) is 60.4 cm³/mol. The first-order valence-electron chi connectivity index (χ1n) is 5.62. The first-order valence-corrected chi connectivity index (χ1v) is 5.62. The molecule has 0 unspecified atom stereocenters. The molecule has 0 aromatic carbocycles. The summed E-state index contributed by atoms with van der Waals surface area (Å²) in [5.74, 6) is 1.39. The van der Waals surface area contributed by atoms with Crippen LogP contribution in [0.1, 0.15) is 11.6 Å². The van der Waals surface area contributed by atoms with Crippen molar-refractivity contribution in [3.63, 3.8) is 0 Å². The fraction of sp³-hybridized carbons (Fsp3) is 0.700. The summed E-state index contributed by atoms with van der Waals surface area (Å²) in [6.07, 6.45) is 0. The number of aromatic nitrogens is 3. The highest BCUT2D eigenvalue weighted by molar-refractivity contribution is 5.74. The van der Waals surface area contributed by atoms with E-state index < -0.39 is 0 Å². The Morgan fingerprint density at radius 3 is 2.82 bits per heavy atom. The van der Waals surface area contributed by atoms with E-state index in [2.05, 4.69) is 15.2 Å². The van der Waals surface area contributed by atoms with Crippen LogP contribution < -0.4 is 0 Å². The SMILES string of the molecule is Cc1nc(CN(C)C(=O)N2CCOCC2)n[nH]1. The Labute approximate surface area is 99.8 Å². The monoisotopic (exact) mass is 239 g/mol. The van der Waals surface area contributed by atoms with Crippen molar-refractivity contribution in [2.24, 2.45) is 0 Å². The van der Waals surface area contributed by atoms with Gasteiger partial charge in [-0.15, -0.1) is 0 Å². The van der Waals surface area contributed by atoms with E-state index in [9.17, 15) is 4.79 Å². The molecule has 7 nitrogen and oxygen atoms in total. The smallest absolute Gasteiger partial charge is 0.320 e. The molecule has 0 aliphatic carbocycles. The van der Waals surface area contributed by atoms with Crippen LogP contribution in [0.4, 0.5) is 4.79 Å². The second-order valence-corrected chi connectivity index (χ2v) is 4.08. The van der Waals surface area contributed by atoms with E-state index in [0.717, 1.165) is 5.82 Å². The molecule has 1 saturated heterocycles. The number of nitrogens with one attached hydrogen (secondary N) is 1. The summed E-state index contributed by atoms with van der Waals surface area (Å²) in [5.41, 5.74) is 0. The number of morpholine rings is 1. The number of hydrogen-bond donors (Lipinski definition) is 1. The molecule has 7 heteroatoms. The van der Waals surface area contributed by atoms with Gasteiger partial charge in [0.1, 0.15) is 5.82 Å². The van der Waals surface area contributed by atoms with Gasteiger partial charge in [0.05, 0.1) is 19.8 Å². The number of aryl methyl sites for hydroxylation is 1. The minimum Gasteiger partial charge on any atom is -0.378 e. The van der Waals surface area contributed by atoms with Crippen LogP contribution in [0.15, 0.2) is 0 Å². The molecule has 94 valence electrons. The molecule has 2 heterocycles. The van der Waals surface area contributed by atoms with Gasteiger partial charge in [0, 0.05) is 20.1 Å². The largest absolute Gasteiger partial charge is 0.378 e. The summed E-state index contributed by atoms with van der Waals surface area (Å²) >= 11 is 0. The minimum absolute atomic E-state index is 0.00393. The Kier molecular flexibility index (Phi) is 3.58. The van der Waals surface area contributed by atoms with E-state index in [1.165, 1.54) is 0 Å². The van der Waals surface area contributed by atoms with Gasteiger partial charge in [0.25, 0.3) is 0 Å². The van der Waals surface area contributed by atoms with Crippen molar-refractivity contribution in [3.8, 4) is 0 Å². The number of amides is 2. The third-order valence-electron chi connectivity index (χ3n) is 2.63. The number of nitrogens with zero attached hydrogens (tertiary/aromatic N) is 4. The van der Waals surface area contributed by atoms with Gasteiger partial charge in [-0.25, -0.2) is 9.78 Å². The van der Waals surface area contributed by atoms with Crippen LogP contribution in [0.3, 0.4) is 0 Å². The molecular weight excluding hydrogens is 222 g/mol. The molecule has 1 aliphatic heterocycles. The second kappa shape index (κ2) is 5.13.